The van der Waals surface area contributed by atoms with Gasteiger partial charge in [0.1, 0.15) is 17.3 Å². The molecule has 0 bridgehead atoms. The Morgan fingerprint density at radius 2 is 1.85 bits per heavy atom. The molecular weight excluding hydrogens is 392 g/mol. The fourth-order valence-corrected chi connectivity index (χ4v) is 2.69. The maximum absolute atomic E-state index is 13.3. The van der Waals surface area contributed by atoms with Crippen molar-refractivity contribution >= 4 is 34.8 Å². The van der Waals surface area contributed by atoms with Crippen LogP contribution in [0.1, 0.15) is 21.5 Å². The van der Waals surface area contributed by atoms with Crippen LogP contribution in [-0.4, -0.2) is 16.1 Å². The van der Waals surface area contributed by atoms with Crippen molar-refractivity contribution in [3.05, 3.63) is 75.3 Å². The topological polar surface area (TPSA) is 64.1 Å². The van der Waals surface area contributed by atoms with Gasteiger partial charge < -0.3 is 10.1 Å². The standard InChI is InChI=1S/C19H14Cl2FN3O2/c1-10-6-14(19(26)24-13-7-18(21)25-23-9-13)17(8-15(10)20)27-16-4-3-12(22)5-11(16)2/h3-9H,1-2H3,(H,24,25,26). The molecule has 1 heterocycles. The van der Waals surface area contributed by atoms with Crippen LogP contribution in [0.5, 0.6) is 11.5 Å². The Balaban J connectivity index is 1.96. The van der Waals surface area contributed by atoms with Crippen LogP contribution in [0.3, 0.4) is 0 Å². The molecule has 0 saturated heterocycles. The normalized spacial score (nSPS) is 10.6. The van der Waals surface area contributed by atoms with E-state index in [1.165, 1.54) is 30.5 Å². The molecule has 0 unspecified atom stereocenters. The summed E-state index contributed by atoms with van der Waals surface area (Å²) in [4.78, 5) is 12.8. The molecule has 2 aromatic carbocycles. The molecule has 0 aliphatic carbocycles. The predicted octanol–water partition coefficient (Wildman–Crippen LogP) is 5.58. The largest absolute Gasteiger partial charge is 0.456 e. The predicted molar refractivity (Wildman–Crippen MR) is 102 cm³/mol. The number of nitrogens with zero attached hydrogens (tertiary/aromatic N) is 2. The molecule has 1 aromatic heterocycles. The van der Waals surface area contributed by atoms with E-state index < -0.39 is 5.91 Å². The first kappa shape index (κ1) is 19.1. The van der Waals surface area contributed by atoms with Gasteiger partial charge in [-0.05, 0) is 49.2 Å². The summed E-state index contributed by atoms with van der Waals surface area (Å²) < 4.78 is 19.2. The van der Waals surface area contributed by atoms with E-state index in [9.17, 15) is 9.18 Å². The molecular formula is C19H14Cl2FN3O2. The van der Waals surface area contributed by atoms with Crippen molar-refractivity contribution in [2.45, 2.75) is 13.8 Å². The molecule has 8 heteroatoms. The number of amides is 1. The van der Waals surface area contributed by atoms with E-state index in [1.807, 2.05) is 0 Å². The Kier molecular flexibility index (Phi) is 5.58. The number of aromatic nitrogens is 2. The number of hydrogen-bond acceptors (Lipinski definition) is 4. The minimum absolute atomic E-state index is 0.151. The molecule has 0 saturated carbocycles. The fourth-order valence-electron chi connectivity index (χ4n) is 2.38. The number of benzene rings is 2. The Labute approximate surface area is 165 Å². The highest BCUT2D eigenvalue weighted by Gasteiger charge is 2.17. The Hall–Kier alpha value is -2.70. The third kappa shape index (κ3) is 4.53. The highest BCUT2D eigenvalue weighted by molar-refractivity contribution is 6.31. The molecule has 0 spiro atoms. The molecule has 1 N–H and O–H groups in total. The minimum atomic E-state index is -0.436. The second-order valence-electron chi connectivity index (χ2n) is 5.83. The molecule has 138 valence electrons. The van der Waals surface area contributed by atoms with Crippen LogP contribution in [0.2, 0.25) is 10.2 Å². The number of anilines is 1. The van der Waals surface area contributed by atoms with Gasteiger partial charge in [0.25, 0.3) is 5.91 Å². The van der Waals surface area contributed by atoms with Gasteiger partial charge in [0.05, 0.1) is 17.4 Å². The lowest BCUT2D eigenvalue weighted by Gasteiger charge is -2.15. The second-order valence-corrected chi connectivity index (χ2v) is 6.62. The molecule has 0 fully saturated rings. The summed E-state index contributed by atoms with van der Waals surface area (Å²) in [5.41, 5.74) is 1.93. The van der Waals surface area contributed by atoms with E-state index in [0.717, 1.165) is 0 Å². The highest BCUT2D eigenvalue weighted by atomic mass is 35.5. The lowest BCUT2D eigenvalue weighted by atomic mass is 10.1. The van der Waals surface area contributed by atoms with Gasteiger partial charge in [-0.15, -0.1) is 5.10 Å². The van der Waals surface area contributed by atoms with E-state index in [1.54, 1.807) is 26.0 Å². The first-order valence-corrected chi connectivity index (χ1v) is 8.63. The lowest BCUT2D eigenvalue weighted by molar-refractivity contribution is 0.102. The second kappa shape index (κ2) is 7.90. The first-order chi connectivity index (χ1) is 12.8. The molecule has 0 radical (unpaired) electrons. The number of hydrogen-bond donors (Lipinski definition) is 1. The highest BCUT2D eigenvalue weighted by Crippen LogP contribution is 2.33. The van der Waals surface area contributed by atoms with E-state index >= 15 is 0 Å². The van der Waals surface area contributed by atoms with Gasteiger partial charge in [0, 0.05) is 17.2 Å². The number of aryl methyl sites for hydroxylation is 2. The number of carbonyl (C=O) groups excluding carboxylic acids is 1. The molecule has 27 heavy (non-hydrogen) atoms. The Bertz CT molecular complexity index is 1030. The van der Waals surface area contributed by atoms with Gasteiger partial charge in [0.2, 0.25) is 0 Å². The van der Waals surface area contributed by atoms with Gasteiger partial charge in [0.15, 0.2) is 5.15 Å². The van der Waals surface area contributed by atoms with E-state index in [0.29, 0.717) is 27.6 Å². The zero-order valence-corrected chi connectivity index (χ0v) is 15.9. The first-order valence-electron chi connectivity index (χ1n) is 7.87. The molecule has 0 aliphatic rings. The van der Waals surface area contributed by atoms with Crippen LogP contribution in [0.25, 0.3) is 0 Å². The quantitative estimate of drug-likeness (QED) is 0.614. The maximum Gasteiger partial charge on any atom is 0.259 e. The van der Waals surface area contributed by atoms with Crippen molar-refractivity contribution in [1.29, 1.82) is 0 Å². The SMILES string of the molecule is Cc1cc(C(=O)Nc2cnnc(Cl)c2)c(Oc2ccc(F)cc2C)cc1Cl. The smallest absolute Gasteiger partial charge is 0.259 e. The summed E-state index contributed by atoms with van der Waals surface area (Å²) in [5.74, 6) is -0.152. The number of carbonyl (C=O) groups is 1. The summed E-state index contributed by atoms with van der Waals surface area (Å²) in [6, 6.07) is 8.75. The van der Waals surface area contributed by atoms with Crippen LogP contribution in [0.15, 0.2) is 42.6 Å². The summed E-state index contributed by atoms with van der Waals surface area (Å²) >= 11 is 12.0. The van der Waals surface area contributed by atoms with Gasteiger partial charge in [-0.1, -0.05) is 23.2 Å². The van der Waals surface area contributed by atoms with Crippen molar-refractivity contribution in [1.82, 2.24) is 10.2 Å². The van der Waals surface area contributed by atoms with Gasteiger partial charge in [-0.25, -0.2) is 4.39 Å². The van der Waals surface area contributed by atoms with Gasteiger partial charge >= 0.3 is 0 Å². The van der Waals surface area contributed by atoms with Gasteiger partial charge in [-0.3, -0.25) is 4.79 Å². The molecule has 5 nitrogen and oxygen atoms in total. The number of rotatable bonds is 4. The third-order valence-electron chi connectivity index (χ3n) is 3.74. The van der Waals surface area contributed by atoms with Crippen LogP contribution in [0, 0.1) is 19.7 Å². The van der Waals surface area contributed by atoms with Crippen LogP contribution < -0.4 is 10.1 Å². The van der Waals surface area contributed by atoms with Crippen LogP contribution in [-0.2, 0) is 0 Å². The molecule has 0 aliphatic heterocycles. The van der Waals surface area contributed by atoms with Crippen LogP contribution in [0.4, 0.5) is 10.1 Å². The van der Waals surface area contributed by atoms with Crippen molar-refractivity contribution < 1.29 is 13.9 Å². The summed E-state index contributed by atoms with van der Waals surface area (Å²) in [7, 11) is 0. The van der Waals surface area contributed by atoms with Crippen molar-refractivity contribution in [3.63, 3.8) is 0 Å². The maximum atomic E-state index is 13.3. The third-order valence-corrected chi connectivity index (χ3v) is 4.34. The number of ether oxygens (including phenoxy) is 1. The molecule has 1 amide bonds. The van der Waals surface area contributed by atoms with Crippen LogP contribution >= 0.6 is 23.2 Å². The average molecular weight is 406 g/mol. The molecule has 0 atom stereocenters. The van der Waals surface area contributed by atoms with Crippen molar-refractivity contribution in [3.8, 4) is 11.5 Å². The number of nitrogens with one attached hydrogen (secondary N) is 1. The minimum Gasteiger partial charge on any atom is -0.456 e. The molecule has 3 aromatic rings. The van der Waals surface area contributed by atoms with E-state index in [4.69, 9.17) is 27.9 Å². The van der Waals surface area contributed by atoms with Crippen molar-refractivity contribution in [2.24, 2.45) is 0 Å². The van der Waals surface area contributed by atoms with Gasteiger partial charge in [-0.2, -0.15) is 5.10 Å². The van der Waals surface area contributed by atoms with Crippen molar-refractivity contribution in [2.75, 3.05) is 5.32 Å². The Morgan fingerprint density at radius 3 is 2.56 bits per heavy atom. The Morgan fingerprint density at radius 1 is 1.07 bits per heavy atom. The summed E-state index contributed by atoms with van der Waals surface area (Å²) in [5, 5.41) is 10.6. The van der Waals surface area contributed by atoms with E-state index in [2.05, 4.69) is 15.5 Å². The summed E-state index contributed by atoms with van der Waals surface area (Å²) in [6.45, 7) is 3.48. The number of halogens is 3. The molecule has 3 rings (SSSR count). The zero-order chi connectivity index (χ0) is 19.6. The average Bonchev–Trinajstić information content (AvgIpc) is 2.60. The van der Waals surface area contributed by atoms with E-state index in [-0.39, 0.29) is 22.3 Å². The monoisotopic (exact) mass is 405 g/mol. The summed E-state index contributed by atoms with van der Waals surface area (Å²) in [6.07, 6.45) is 1.37. The fraction of sp³-hybridized carbons (Fsp3) is 0.105. The lowest BCUT2D eigenvalue weighted by Crippen LogP contribution is -2.14. The zero-order valence-electron chi connectivity index (χ0n) is 14.4.